The number of nitrogens with two attached hydrogens (primary N) is 1. The fraction of sp³-hybridized carbons (Fsp3) is 0.227. The predicted molar refractivity (Wildman–Crippen MR) is 123 cm³/mol. The number of hydrogen-bond acceptors (Lipinski definition) is 6. The summed E-state index contributed by atoms with van der Waals surface area (Å²) in [6.45, 7) is 5.41. The maximum Gasteiger partial charge on any atom is 0.196 e. The first-order chi connectivity index (χ1) is 15.2. The van der Waals surface area contributed by atoms with Gasteiger partial charge in [0.2, 0.25) is 0 Å². The molecule has 4 aromatic rings. The van der Waals surface area contributed by atoms with Gasteiger partial charge in [0, 0.05) is 24.4 Å². The monoisotopic (exact) mass is 472 g/mol. The first kappa shape index (κ1) is 22.2. The molecule has 2 atom stereocenters. The summed E-state index contributed by atoms with van der Waals surface area (Å²) in [5.41, 5.74) is 2.82. The van der Waals surface area contributed by atoms with E-state index in [1.54, 1.807) is 43.1 Å². The zero-order valence-corrected chi connectivity index (χ0v) is 19.5. The van der Waals surface area contributed by atoms with Crippen LogP contribution < -0.4 is 15.3 Å². The molecule has 2 N–H and O–H groups in total. The van der Waals surface area contributed by atoms with Crippen molar-refractivity contribution in [1.29, 1.82) is 0 Å². The molecule has 166 valence electrons. The second-order valence-electron chi connectivity index (χ2n) is 7.54. The van der Waals surface area contributed by atoms with Crippen molar-refractivity contribution in [3.05, 3.63) is 68.9 Å². The summed E-state index contributed by atoms with van der Waals surface area (Å²) in [6, 6.07) is 6.76. The van der Waals surface area contributed by atoms with E-state index in [0.29, 0.717) is 33.6 Å². The number of aryl methyl sites for hydroxylation is 2. The Kier molecular flexibility index (Phi) is 5.89. The quantitative estimate of drug-likeness (QED) is 0.439. The van der Waals surface area contributed by atoms with Crippen LogP contribution in [0.2, 0.25) is 5.15 Å². The third-order valence-electron chi connectivity index (χ3n) is 5.05. The second-order valence-corrected chi connectivity index (χ2v) is 8.90. The summed E-state index contributed by atoms with van der Waals surface area (Å²) in [5, 5.41) is 6.18. The molecule has 0 aliphatic rings. The molecular formula is C22H21ClN4O4S. The lowest BCUT2D eigenvalue weighted by Gasteiger charge is -2.19. The molecule has 3 aromatic heterocycles. The number of rotatable bonds is 5. The van der Waals surface area contributed by atoms with E-state index < -0.39 is 17.1 Å². The molecule has 0 bridgehead atoms. The first-order valence-electron chi connectivity index (χ1n) is 9.71. The Morgan fingerprint density at radius 2 is 2.03 bits per heavy atom. The van der Waals surface area contributed by atoms with Gasteiger partial charge >= 0.3 is 0 Å². The van der Waals surface area contributed by atoms with Gasteiger partial charge in [0.05, 0.1) is 11.7 Å². The number of fused-ring (bicyclic) bond motifs is 1. The molecule has 0 radical (unpaired) electrons. The van der Waals surface area contributed by atoms with Crippen molar-refractivity contribution in [2.75, 3.05) is 0 Å². The molecule has 0 aliphatic heterocycles. The fourth-order valence-corrected chi connectivity index (χ4v) is 4.24. The lowest BCUT2D eigenvalue weighted by atomic mass is 10.0. The number of pyridine rings is 1. The van der Waals surface area contributed by atoms with E-state index in [0.717, 1.165) is 5.56 Å². The number of aromatic nitrogens is 3. The average Bonchev–Trinajstić information content (AvgIpc) is 3.17. The third kappa shape index (κ3) is 4.06. The second kappa shape index (κ2) is 8.50. The molecule has 32 heavy (non-hydrogen) atoms. The summed E-state index contributed by atoms with van der Waals surface area (Å²) in [4.78, 5) is 21.5. The summed E-state index contributed by atoms with van der Waals surface area (Å²) < 4.78 is 26.0. The largest absolute Gasteiger partial charge is 0.483 e. The normalized spacial score (nSPS) is 13.3. The lowest BCUT2D eigenvalue weighted by Crippen LogP contribution is -2.13. The van der Waals surface area contributed by atoms with Gasteiger partial charge in [0.1, 0.15) is 33.5 Å². The first-order valence-corrected chi connectivity index (χ1v) is 11.3. The topological polar surface area (TPSA) is 113 Å². The molecule has 2 unspecified atom stereocenters. The molecule has 4 rings (SSSR count). The van der Waals surface area contributed by atoms with Crippen LogP contribution in [0.1, 0.15) is 29.7 Å². The van der Waals surface area contributed by atoms with Crippen molar-refractivity contribution in [3.63, 3.8) is 0 Å². The standard InChI is InChI=1S/C22H21ClN4O4S/c1-11-7-14(13(3)30-17-5-6-18(23)26-22(17)32(24)29)21-15(8-11)19(28)12(2)20(31-21)16-9-27(4)10-25-16/h5-10,13H,24H2,1-4H3. The molecular weight excluding hydrogens is 452 g/mol. The molecule has 0 fully saturated rings. The summed E-state index contributed by atoms with van der Waals surface area (Å²) in [6.07, 6.45) is 2.85. The Balaban J connectivity index is 1.88. The Bertz CT molecular complexity index is 1430. The molecule has 10 heteroatoms. The Labute approximate surface area is 191 Å². The van der Waals surface area contributed by atoms with Crippen LogP contribution in [0.15, 0.2) is 51.0 Å². The number of halogens is 1. The number of ether oxygens (including phenoxy) is 1. The Morgan fingerprint density at radius 1 is 1.28 bits per heavy atom. The summed E-state index contributed by atoms with van der Waals surface area (Å²) in [7, 11) is -0.0506. The SMILES string of the molecule is Cc1cc(C(C)Oc2ccc(Cl)nc2S(N)=O)c2oc(-c3cn(C)cn3)c(C)c(=O)c2c1. The highest BCUT2D eigenvalue weighted by Crippen LogP contribution is 2.33. The number of imidazole rings is 1. The van der Waals surface area contributed by atoms with E-state index in [2.05, 4.69) is 9.97 Å². The van der Waals surface area contributed by atoms with Crippen LogP contribution in [0.5, 0.6) is 5.75 Å². The van der Waals surface area contributed by atoms with Gasteiger partial charge in [-0.25, -0.2) is 19.3 Å². The zero-order chi connectivity index (χ0) is 23.2. The van der Waals surface area contributed by atoms with E-state index >= 15 is 0 Å². The average molecular weight is 473 g/mol. The van der Waals surface area contributed by atoms with E-state index in [1.807, 2.05) is 20.0 Å². The highest BCUT2D eigenvalue weighted by molar-refractivity contribution is 7.82. The van der Waals surface area contributed by atoms with E-state index in [1.165, 1.54) is 6.07 Å². The van der Waals surface area contributed by atoms with Crippen LogP contribution in [0, 0.1) is 13.8 Å². The van der Waals surface area contributed by atoms with Crippen LogP contribution in [0.25, 0.3) is 22.4 Å². The van der Waals surface area contributed by atoms with Crippen LogP contribution >= 0.6 is 11.6 Å². The molecule has 3 heterocycles. The molecule has 0 saturated carbocycles. The summed E-state index contributed by atoms with van der Waals surface area (Å²) in [5.74, 6) is 0.633. The molecule has 0 amide bonds. The van der Waals surface area contributed by atoms with Gasteiger partial charge in [0.25, 0.3) is 0 Å². The highest BCUT2D eigenvalue weighted by Gasteiger charge is 2.22. The maximum absolute atomic E-state index is 13.2. The smallest absolute Gasteiger partial charge is 0.196 e. The van der Waals surface area contributed by atoms with Crippen LogP contribution in [0.4, 0.5) is 0 Å². The molecule has 8 nitrogen and oxygen atoms in total. The van der Waals surface area contributed by atoms with Gasteiger partial charge < -0.3 is 13.7 Å². The maximum atomic E-state index is 13.2. The van der Waals surface area contributed by atoms with E-state index in [-0.39, 0.29) is 21.4 Å². The highest BCUT2D eigenvalue weighted by atomic mass is 35.5. The molecule has 0 aliphatic carbocycles. The van der Waals surface area contributed by atoms with Gasteiger partial charge in [-0.2, -0.15) is 0 Å². The lowest BCUT2D eigenvalue weighted by molar-refractivity contribution is 0.219. The van der Waals surface area contributed by atoms with Gasteiger partial charge in [-0.3, -0.25) is 4.79 Å². The molecule has 0 saturated heterocycles. The zero-order valence-electron chi connectivity index (χ0n) is 17.9. The van der Waals surface area contributed by atoms with Crippen molar-refractivity contribution in [2.24, 2.45) is 12.2 Å². The minimum Gasteiger partial charge on any atom is -0.483 e. The van der Waals surface area contributed by atoms with E-state index in [4.69, 9.17) is 25.9 Å². The van der Waals surface area contributed by atoms with Crippen molar-refractivity contribution < 1.29 is 13.4 Å². The fourth-order valence-electron chi connectivity index (χ4n) is 3.54. The number of nitrogens with zero attached hydrogens (tertiary/aromatic N) is 3. The minimum atomic E-state index is -1.89. The number of benzene rings is 1. The van der Waals surface area contributed by atoms with Gasteiger partial charge in [-0.05, 0) is 50.6 Å². The van der Waals surface area contributed by atoms with Gasteiger partial charge in [-0.1, -0.05) is 11.6 Å². The Hall–Kier alpha value is -3.01. The summed E-state index contributed by atoms with van der Waals surface area (Å²) >= 11 is 5.91. The van der Waals surface area contributed by atoms with Gasteiger partial charge in [-0.15, -0.1) is 0 Å². The van der Waals surface area contributed by atoms with Crippen LogP contribution in [0.3, 0.4) is 0 Å². The predicted octanol–water partition coefficient (Wildman–Crippen LogP) is 3.98. The number of hydrogen-bond donors (Lipinski definition) is 1. The van der Waals surface area contributed by atoms with Crippen molar-refractivity contribution >= 4 is 33.6 Å². The van der Waals surface area contributed by atoms with Crippen molar-refractivity contribution in [1.82, 2.24) is 14.5 Å². The third-order valence-corrected chi connectivity index (χ3v) is 5.94. The van der Waals surface area contributed by atoms with Crippen molar-refractivity contribution in [3.8, 4) is 17.2 Å². The van der Waals surface area contributed by atoms with Crippen LogP contribution in [-0.4, -0.2) is 18.7 Å². The minimum absolute atomic E-state index is 0.0350. The Morgan fingerprint density at radius 3 is 2.69 bits per heavy atom. The van der Waals surface area contributed by atoms with E-state index in [9.17, 15) is 9.00 Å². The van der Waals surface area contributed by atoms with Crippen molar-refractivity contribution in [2.45, 2.75) is 31.9 Å². The van der Waals surface area contributed by atoms with Crippen LogP contribution in [-0.2, 0) is 18.0 Å². The molecule has 0 spiro atoms. The molecule has 1 aromatic carbocycles. The van der Waals surface area contributed by atoms with Gasteiger partial charge in [0.15, 0.2) is 22.0 Å².